The lowest BCUT2D eigenvalue weighted by molar-refractivity contribution is -0.120. The summed E-state index contributed by atoms with van der Waals surface area (Å²) in [6.07, 6.45) is 1.52. The van der Waals surface area contributed by atoms with Crippen LogP contribution in [0.25, 0.3) is 11.7 Å². The number of thioether (sulfide) groups is 1. The van der Waals surface area contributed by atoms with Crippen LogP contribution < -0.4 is 5.32 Å². The van der Waals surface area contributed by atoms with E-state index in [1.165, 1.54) is 18.0 Å². The molecule has 2 aromatic heterocycles. The summed E-state index contributed by atoms with van der Waals surface area (Å²) in [5.74, 6) is 0.633. The Morgan fingerprint density at radius 3 is 2.88 bits per heavy atom. The van der Waals surface area contributed by atoms with Gasteiger partial charge in [-0.25, -0.2) is 0 Å². The van der Waals surface area contributed by atoms with Gasteiger partial charge in [-0.1, -0.05) is 41.6 Å². The molecule has 0 bridgehead atoms. The van der Waals surface area contributed by atoms with Gasteiger partial charge in [0.15, 0.2) is 5.76 Å². The standard InChI is InChI=1S/C16H14ClN3O3S/c1-10(14(21)18-9-11-5-2-3-6-12(11)17)24-16-20-19-15(23-16)13-7-4-8-22-13/h2-8,10H,9H2,1H3,(H,18,21)/t10-/m1/s1. The van der Waals surface area contributed by atoms with Crippen LogP contribution >= 0.6 is 23.4 Å². The fraction of sp³-hybridized carbons (Fsp3) is 0.188. The summed E-state index contributed by atoms with van der Waals surface area (Å²) >= 11 is 7.25. The van der Waals surface area contributed by atoms with E-state index in [0.717, 1.165) is 5.56 Å². The zero-order valence-electron chi connectivity index (χ0n) is 12.7. The van der Waals surface area contributed by atoms with Crippen molar-refractivity contribution in [3.63, 3.8) is 0 Å². The Balaban J connectivity index is 1.55. The molecule has 1 N–H and O–H groups in total. The van der Waals surface area contributed by atoms with Crippen molar-refractivity contribution in [1.29, 1.82) is 0 Å². The van der Waals surface area contributed by atoms with Crippen LogP contribution in [0.5, 0.6) is 0 Å². The molecule has 3 rings (SSSR count). The first-order chi connectivity index (χ1) is 11.6. The Bertz CT molecular complexity index is 820. The second-order valence-corrected chi connectivity index (χ2v) is 6.62. The molecule has 24 heavy (non-hydrogen) atoms. The normalized spacial score (nSPS) is 12.1. The topological polar surface area (TPSA) is 81.2 Å². The molecule has 0 radical (unpaired) electrons. The van der Waals surface area contributed by atoms with Gasteiger partial charge in [0.05, 0.1) is 11.5 Å². The third-order valence-electron chi connectivity index (χ3n) is 3.20. The fourth-order valence-electron chi connectivity index (χ4n) is 1.93. The van der Waals surface area contributed by atoms with E-state index in [4.69, 9.17) is 20.4 Å². The van der Waals surface area contributed by atoms with Gasteiger partial charge in [-0.05, 0) is 30.7 Å². The summed E-state index contributed by atoms with van der Waals surface area (Å²) in [5, 5.41) is 11.2. The summed E-state index contributed by atoms with van der Waals surface area (Å²) in [7, 11) is 0. The number of furan rings is 1. The first-order valence-electron chi connectivity index (χ1n) is 7.18. The smallest absolute Gasteiger partial charge is 0.284 e. The van der Waals surface area contributed by atoms with Gasteiger partial charge in [0, 0.05) is 11.6 Å². The molecule has 0 saturated carbocycles. The summed E-state index contributed by atoms with van der Waals surface area (Å²) in [6, 6.07) is 10.8. The maximum absolute atomic E-state index is 12.2. The van der Waals surface area contributed by atoms with Crippen molar-refractivity contribution in [3.8, 4) is 11.7 Å². The summed E-state index contributed by atoms with van der Waals surface area (Å²) in [4.78, 5) is 12.2. The molecule has 0 aliphatic heterocycles. The monoisotopic (exact) mass is 363 g/mol. The largest absolute Gasteiger partial charge is 0.459 e. The number of amides is 1. The molecule has 0 spiro atoms. The van der Waals surface area contributed by atoms with Crippen molar-refractivity contribution in [2.75, 3.05) is 0 Å². The van der Waals surface area contributed by atoms with Crippen molar-refractivity contribution < 1.29 is 13.6 Å². The van der Waals surface area contributed by atoms with Crippen LogP contribution in [0.15, 0.2) is 56.7 Å². The molecular weight excluding hydrogens is 350 g/mol. The zero-order valence-corrected chi connectivity index (χ0v) is 14.3. The average Bonchev–Trinajstić information content (AvgIpc) is 3.25. The Kier molecular flexibility index (Phi) is 5.22. The fourth-order valence-corrected chi connectivity index (χ4v) is 2.84. The SMILES string of the molecule is C[C@@H](Sc1nnc(-c2ccco2)o1)C(=O)NCc1ccccc1Cl. The molecular formula is C16H14ClN3O3S. The quantitative estimate of drug-likeness (QED) is 0.671. The lowest BCUT2D eigenvalue weighted by Gasteiger charge is -2.10. The number of nitrogens with one attached hydrogen (secondary N) is 1. The summed E-state index contributed by atoms with van der Waals surface area (Å²) < 4.78 is 10.7. The third kappa shape index (κ3) is 3.98. The molecule has 0 saturated heterocycles. The highest BCUT2D eigenvalue weighted by atomic mass is 35.5. The molecule has 0 aliphatic carbocycles. The Morgan fingerprint density at radius 2 is 2.12 bits per heavy atom. The molecule has 1 amide bonds. The number of carbonyl (C=O) groups is 1. The van der Waals surface area contributed by atoms with Crippen LogP contribution in [0.4, 0.5) is 0 Å². The molecule has 2 heterocycles. The van der Waals surface area contributed by atoms with E-state index in [0.29, 0.717) is 22.6 Å². The molecule has 124 valence electrons. The van der Waals surface area contributed by atoms with Gasteiger partial charge in [0.1, 0.15) is 0 Å². The average molecular weight is 364 g/mol. The van der Waals surface area contributed by atoms with E-state index in [9.17, 15) is 4.79 Å². The second kappa shape index (κ2) is 7.55. The molecule has 1 atom stereocenters. The van der Waals surface area contributed by atoms with E-state index in [1.807, 2.05) is 18.2 Å². The predicted molar refractivity (Wildman–Crippen MR) is 90.6 cm³/mol. The Hall–Kier alpha value is -2.25. The van der Waals surface area contributed by atoms with Crippen LogP contribution in [-0.2, 0) is 11.3 Å². The summed E-state index contributed by atoms with van der Waals surface area (Å²) in [5.41, 5.74) is 0.864. The van der Waals surface area contributed by atoms with E-state index in [1.54, 1.807) is 25.1 Å². The number of hydrogen-bond donors (Lipinski definition) is 1. The number of hydrogen-bond acceptors (Lipinski definition) is 6. The number of rotatable bonds is 6. The van der Waals surface area contributed by atoms with Crippen LogP contribution in [0.1, 0.15) is 12.5 Å². The summed E-state index contributed by atoms with van der Waals surface area (Å²) in [6.45, 7) is 2.13. The number of carbonyl (C=O) groups excluding carboxylic acids is 1. The lowest BCUT2D eigenvalue weighted by Crippen LogP contribution is -2.30. The predicted octanol–water partition coefficient (Wildman–Crippen LogP) is 3.78. The Labute approximate surface area is 147 Å². The van der Waals surface area contributed by atoms with Gasteiger partial charge >= 0.3 is 0 Å². The van der Waals surface area contributed by atoms with Crippen LogP contribution in [0.2, 0.25) is 5.02 Å². The minimum absolute atomic E-state index is 0.141. The van der Waals surface area contributed by atoms with E-state index in [2.05, 4.69) is 15.5 Å². The van der Waals surface area contributed by atoms with Crippen LogP contribution in [0.3, 0.4) is 0 Å². The molecule has 8 heteroatoms. The van der Waals surface area contributed by atoms with Crippen molar-refractivity contribution >= 4 is 29.3 Å². The van der Waals surface area contributed by atoms with Gasteiger partial charge in [-0.2, -0.15) is 0 Å². The minimum Gasteiger partial charge on any atom is -0.459 e. The van der Waals surface area contributed by atoms with Gasteiger partial charge in [-0.3, -0.25) is 4.79 Å². The van der Waals surface area contributed by atoms with Crippen molar-refractivity contribution in [1.82, 2.24) is 15.5 Å². The highest BCUT2D eigenvalue weighted by Gasteiger charge is 2.19. The lowest BCUT2D eigenvalue weighted by atomic mass is 10.2. The van der Waals surface area contributed by atoms with E-state index >= 15 is 0 Å². The number of nitrogens with zero attached hydrogens (tertiary/aromatic N) is 2. The molecule has 3 aromatic rings. The number of benzene rings is 1. The maximum atomic E-state index is 12.2. The van der Waals surface area contributed by atoms with Crippen molar-refractivity contribution in [3.05, 3.63) is 53.2 Å². The van der Waals surface area contributed by atoms with Crippen molar-refractivity contribution in [2.45, 2.75) is 23.9 Å². The van der Waals surface area contributed by atoms with Gasteiger partial charge in [0.2, 0.25) is 5.91 Å². The number of aromatic nitrogens is 2. The molecule has 0 aliphatic rings. The van der Waals surface area contributed by atoms with E-state index < -0.39 is 5.25 Å². The Morgan fingerprint density at radius 1 is 1.29 bits per heavy atom. The molecule has 0 fully saturated rings. The van der Waals surface area contributed by atoms with Crippen molar-refractivity contribution in [2.24, 2.45) is 0 Å². The minimum atomic E-state index is -0.391. The van der Waals surface area contributed by atoms with Crippen LogP contribution in [0, 0.1) is 0 Å². The van der Waals surface area contributed by atoms with Gasteiger partial charge in [0.25, 0.3) is 11.1 Å². The molecule has 1 aromatic carbocycles. The highest BCUT2D eigenvalue weighted by Crippen LogP contribution is 2.26. The first kappa shape index (κ1) is 16.6. The number of halogens is 1. The second-order valence-electron chi connectivity index (χ2n) is 4.92. The maximum Gasteiger partial charge on any atom is 0.284 e. The van der Waals surface area contributed by atoms with E-state index in [-0.39, 0.29) is 11.8 Å². The highest BCUT2D eigenvalue weighted by molar-refractivity contribution is 8.00. The first-order valence-corrected chi connectivity index (χ1v) is 8.44. The molecule has 0 unspecified atom stereocenters. The zero-order chi connectivity index (χ0) is 16.9. The molecule has 6 nitrogen and oxygen atoms in total. The van der Waals surface area contributed by atoms with Gasteiger partial charge < -0.3 is 14.2 Å². The van der Waals surface area contributed by atoms with Gasteiger partial charge in [-0.15, -0.1) is 10.2 Å². The van der Waals surface area contributed by atoms with Crippen LogP contribution in [-0.4, -0.2) is 21.4 Å². The third-order valence-corrected chi connectivity index (χ3v) is 4.50.